The van der Waals surface area contributed by atoms with Gasteiger partial charge in [-0.15, -0.1) is 0 Å². The Kier molecular flexibility index (Phi) is 8.09. The summed E-state index contributed by atoms with van der Waals surface area (Å²) in [4.78, 5) is 13.6. The fraction of sp³-hybridized carbons (Fsp3) is 0.281. The number of sulfonamides is 1. The molecule has 1 heterocycles. The van der Waals surface area contributed by atoms with E-state index in [0.717, 1.165) is 17.5 Å². The number of rotatable bonds is 11. The van der Waals surface area contributed by atoms with Gasteiger partial charge in [-0.05, 0) is 60.6 Å². The van der Waals surface area contributed by atoms with Crippen molar-refractivity contribution in [1.82, 2.24) is 4.72 Å². The fourth-order valence-electron chi connectivity index (χ4n) is 5.37. The van der Waals surface area contributed by atoms with Crippen LogP contribution < -0.4 is 15.1 Å². The van der Waals surface area contributed by atoms with E-state index in [2.05, 4.69) is 4.72 Å². The van der Waals surface area contributed by atoms with Gasteiger partial charge < -0.3 is 14.3 Å². The normalized spacial score (nSPS) is 18.1. The lowest BCUT2D eigenvalue weighted by Crippen LogP contribution is -2.29. The summed E-state index contributed by atoms with van der Waals surface area (Å²) in [6, 6.07) is 26.6. The molecule has 208 valence electrons. The lowest BCUT2D eigenvalue weighted by atomic mass is 9.86. The van der Waals surface area contributed by atoms with E-state index in [0.29, 0.717) is 24.4 Å². The largest absolute Gasteiger partial charge is 0.507 e. The molecular weight excluding hydrogens is 526 g/mol. The maximum Gasteiger partial charge on any atom is 0.343 e. The van der Waals surface area contributed by atoms with Crippen molar-refractivity contribution in [2.24, 2.45) is 5.92 Å². The minimum atomic E-state index is -3.79. The van der Waals surface area contributed by atoms with E-state index in [-0.39, 0.29) is 28.0 Å². The molecule has 0 radical (unpaired) electrons. The summed E-state index contributed by atoms with van der Waals surface area (Å²) in [5.74, 6) is 0.0280. The van der Waals surface area contributed by atoms with Crippen LogP contribution in [0, 0.1) is 5.92 Å². The highest BCUT2D eigenvalue weighted by Gasteiger charge is 2.48. The standard InChI is InChI=1S/C32H33NO6S/c1-3-22(18-21-10-6-4-7-11-21)29-20-28(34)31(32(35)39-29)30(23-12-8-5-9-13-23)26-19-27(26)33-40(36,37)25-16-14-24(38-2)15-17-25/h4-17,20,22,26-27,30,33-34H,3,18-19H2,1-2H3. The number of hydrogen-bond acceptors (Lipinski definition) is 6. The molecule has 0 spiro atoms. The predicted octanol–water partition coefficient (Wildman–Crippen LogP) is 5.59. The molecule has 3 aromatic carbocycles. The minimum absolute atomic E-state index is 0.0739. The summed E-state index contributed by atoms with van der Waals surface area (Å²) in [6.07, 6.45) is 1.93. The highest BCUT2D eigenvalue weighted by Crippen LogP contribution is 2.48. The zero-order valence-electron chi connectivity index (χ0n) is 22.5. The van der Waals surface area contributed by atoms with Crippen LogP contribution in [-0.4, -0.2) is 26.7 Å². The molecule has 40 heavy (non-hydrogen) atoms. The topological polar surface area (TPSA) is 106 Å². The van der Waals surface area contributed by atoms with Crippen LogP contribution in [0.2, 0.25) is 0 Å². The van der Waals surface area contributed by atoms with Gasteiger partial charge in [0.15, 0.2) is 0 Å². The third kappa shape index (κ3) is 5.98. The summed E-state index contributed by atoms with van der Waals surface area (Å²) in [5.41, 5.74) is 1.48. The maximum atomic E-state index is 13.5. The fourth-order valence-corrected chi connectivity index (χ4v) is 6.67. The predicted molar refractivity (Wildman–Crippen MR) is 153 cm³/mol. The second-order valence-electron chi connectivity index (χ2n) is 10.2. The molecule has 1 aliphatic rings. The van der Waals surface area contributed by atoms with Crippen molar-refractivity contribution in [2.45, 2.75) is 49.0 Å². The Hall–Kier alpha value is -3.88. The van der Waals surface area contributed by atoms with Crippen molar-refractivity contribution in [2.75, 3.05) is 7.11 Å². The highest BCUT2D eigenvalue weighted by molar-refractivity contribution is 7.89. The second-order valence-corrected chi connectivity index (χ2v) is 11.9. The monoisotopic (exact) mass is 559 g/mol. The van der Waals surface area contributed by atoms with Crippen molar-refractivity contribution >= 4 is 10.0 Å². The highest BCUT2D eigenvalue weighted by atomic mass is 32.2. The molecule has 1 fully saturated rings. The number of aromatic hydroxyl groups is 1. The van der Waals surface area contributed by atoms with E-state index in [1.807, 2.05) is 67.6 Å². The van der Waals surface area contributed by atoms with E-state index >= 15 is 0 Å². The van der Waals surface area contributed by atoms with Crippen molar-refractivity contribution in [3.8, 4) is 11.5 Å². The molecular formula is C32H33NO6S. The molecule has 4 aromatic rings. The number of methoxy groups -OCH3 is 1. The quantitative estimate of drug-likeness (QED) is 0.248. The summed E-state index contributed by atoms with van der Waals surface area (Å²) >= 11 is 0. The first-order valence-electron chi connectivity index (χ1n) is 13.4. The number of nitrogens with one attached hydrogen (secondary N) is 1. The van der Waals surface area contributed by atoms with Gasteiger partial charge in [-0.25, -0.2) is 17.9 Å². The van der Waals surface area contributed by atoms with Gasteiger partial charge >= 0.3 is 5.63 Å². The molecule has 4 unspecified atom stereocenters. The van der Waals surface area contributed by atoms with Gasteiger partial charge in [0.1, 0.15) is 17.3 Å². The Morgan fingerprint density at radius 2 is 1.65 bits per heavy atom. The van der Waals surface area contributed by atoms with E-state index in [4.69, 9.17) is 9.15 Å². The molecule has 2 N–H and O–H groups in total. The average molecular weight is 560 g/mol. The van der Waals surface area contributed by atoms with Gasteiger partial charge in [-0.2, -0.15) is 0 Å². The number of ether oxygens (including phenoxy) is 1. The summed E-state index contributed by atoms with van der Waals surface area (Å²) in [5, 5.41) is 11.2. The van der Waals surface area contributed by atoms with Crippen molar-refractivity contribution in [1.29, 1.82) is 0 Å². The smallest absolute Gasteiger partial charge is 0.343 e. The number of benzene rings is 3. The van der Waals surface area contributed by atoms with Gasteiger partial charge in [0.2, 0.25) is 10.0 Å². The first-order chi connectivity index (χ1) is 19.3. The Morgan fingerprint density at radius 3 is 2.25 bits per heavy atom. The first kappa shape index (κ1) is 27.7. The van der Waals surface area contributed by atoms with Gasteiger partial charge in [-0.3, -0.25) is 0 Å². The third-order valence-corrected chi connectivity index (χ3v) is 9.13. The number of hydrogen-bond donors (Lipinski definition) is 2. The molecule has 0 saturated heterocycles. The van der Waals surface area contributed by atoms with Gasteiger partial charge in [-0.1, -0.05) is 67.6 Å². The van der Waals surface area contributed by atoms with E-state index < -0.39 is 27.6 Å². The molecule has 0 aliphatic heterocycles. The van der Waals surface area contributed by atoms with Crippen LogP contribution in [0.25, 0.3) is 0 Å². The summed E-state index contributed by atoms with van der Waals surface area (Å²) in [7, 11) is -2.28. The lowest BCUT2D eigenvalue weighted by molar-refractivity contribution is 0.379. The molecule has 4 atom stereocenters. The SMILES string of the molecule is CCC(Cc1ccccc1)c1cc(O)c(C(c2ccccc2)C2CC2NS(=O)(=O)c2ccc(OC)cc2)c(=O)o1. The summed E-state index contributed by atoms with van der Waals surface area (Å²) in [6.45, 7) is 2.02. The average Bonchev–Trinajstić information content (AvgIpc) is 3.71. The van der Waals surface area contributed by atoms with E-state index in [1.165, 1.54) is 19.2 Å². The van der Waals surface area contributed by atoms with Crippen LogP contribution in [0.1, 0.15) is 54.1 Å². The maximum absolute atomic E-state index is 13.5. The zero-order chi connectivity index (χ0) is 28.3. The van der Waals surface area contributed by atoms with Gasteiger partial charge in [0.25, 0.3) is 0 Å². The van der Waals surface area contributed by atoms with Crippen LogP contribution >= 0.6 is 0 Å². The molecule has 5 rings (SSSR count). The van der Waals surface area contributed by atoms with Crippen molar-refractivity contribution in [3.05, 3.63) is 124 Å². The lowest BCUT2D eigenvalue weighted by Gasteiger charge is -2.20. The minimum Gasteiger partial charge on any atom is -0.507 e. The molecule has 0 bridgehead atoms. The molecule has 0 amide bonds. The van der Waals surface area contributed by atoms with Crippen LogP contribution in [-0.2, 0) is 16.4 Å². The van der Waals surface area contributed by atoms with Crippen LogP contribution in [0.4, 0.5) is 0 Å². The van der Waals surface area contributed by atoms with E-state index in [9.17, 15) is 18.3 Å². The zero-order valence-corrected chi connectivity index (χ0v) is 23.3. The van der Waals surface area contributed by atoms with Crippen LogP contribution in [0.5, 0.6) is 11.5 Å². The molecule has 1 aliphatic carbocycles. The van der Waals surface area contributed by atoms with Gasteiger partial charge in [0, 0.05) is 23.9 Å². The van der Waals surface area contributed by atoms with Gasteiger partial charge in [0.05, 0.1) is 17.6 Å². The molecule has 1 aromatic heterocycles. The first-order valence-corrected chi connectivity index (χ1v) is 14.9. The Labute approximate surface area is 234 Å². The second kappa shape index (κ2) is 11.7. The summed E-state index contributed by atoms with van der Waals surface area (Å²) < 4.78 is 39.9. The Morgan fingerprint density at radius 1 is 1.00 bits per heavy atom. The Balaban J connectivity index is 1.43. The Bertz CT molecular complexity index is 1600. The van der Waals surface area contributed by atoms with E-state index in [1.54, 1.807) is 18.2 Å². The third-order valence-electron chi connectivity index (χ3n) is 7.62. The molecule has 8 heteroatoms. The van der Waals surface area contributed by atoms with Crippen LogP contribution in [0.15, 0.2) is 105 Å². The van der Waals surface area contributed by atoms with Crippen molar-refractivity contribution in [3.63, 3.8) is 0 Å². The van der Waals surface area contributed by atoms with Crippen LogP contribution in [0.3, 0.4) is 0 Å². The molecule has 1 saturated carbocycles. The van der Waals surface area contributed by atoms with Crippen molar-refractivity contribution < 1.29 is 22.7 Å². The molecule has 7 nitrogen and oxygen atoms in total.